The Morgan fingerprint density at radius 1 is 1.15 bits per heavy atom. The van der Waals surface area contributed by atoms with Gasteiger partial charge in [0, 0.05) is 38.1 Å². The third kappa shape index (κ3) is 9.19. The monoisotopic (exact) mass is 598 g/mol. The van der Waals surface area contributed by atoms with Gasteiger partial charge < -0.3 is 29.1 Å². The Balaban J connectivity index is 1.87. The Kier molecular flexibility index (Phi) is 12.1. The van der Waals surface area contributed by atoms with E-state index in [1.54, 1.807) is 12.1 Å². The van der Waals surface area contributed by atoms with E-state index in [1.165, 1.54) is 7.11 Å². The lowest BCUT2D eigenvalue weighted by atomic mass is 9.84. The molecular weight excluding hydrogens is 552 g/mol. The number of sulfonamides is 1. The van der Waals surface area contributed by atoms with Crippen LogP contribution in [-0.2, 0) is 19.6 Å². The lowest BCUT2D eigenvalue weighted by molar-refractivity contribution is -0.143. The summed E-state index contributed by atoms with van der Waals surface area (Å²) in [6, 6.07) is 2.98. The van der Waals surface area contributed by atoms with E-state index in [0.717, 1.165) is 38.5 Å². The summed E-state index contributed by atoms with van der Waals surface area (Å²) in [4.78, 5) is 32.3. The van der Waals surface area contributed by atoms with E-state index >= 15 is 0 Å². The molecule has 3 atom stereocenters. The number of nitrogens with one attached hydrogen (secondary N) is 1. The van der Waals surface area contributed by atoms with Crippen LogP contribution < -0.4 is 18.9 Å². The van der Waals surface area contributed by atoms with E-state index in [4.69, 9.17) is 14.2 Å². The SMILES string of the molecule is CCCCN(CCCCN(C)C)C(=O)CN1C[C@H](c2cc(OC)c3c(c2)OCO3)C(C(=O)O)[C@@H]1CCNS(C)(=O)=O. The minimum atomic E-state index is -3.46. The fourth-order valence-corrected chi connectivity index (χ4v) is 6.15. The normalized spacial score (nSPS) is 20.5. The first-order valence-corrected chi connectivity index (χ1v) is 16.2. The van der Waals surface area contributed by atoms with Gasteiger partial charge in [0.1, 0.15) is 0 Å². The van der Waals surface area contributed by atoms with Crippen LogP contribution in [0.15, 0.2) is 12.1 Å². The average molecular weight is 599 g/mol. The molecule has 232 valence electrons. The van der Waals surface area contributed by atoms with Gasteiger partial charge in [0.25, 0.3) is 0 Å². The maximum atomic E-state index is 13.6. The van der Waals surface area contributed by atoms with Crippen LogP contribution in [0.2, 0.25) is 0 Å². The molecule has 2 N–H and O–H groups in total. The number of nitrogens with zero attached hydrogens (tertiary/aromatic N) is 3. The summed E-state index contributed by atoms with van der Waals surface area (Å²) in [5, 5.41) is 10.4. The molecule has 1 amide bonds. The van der Waals surface area contributed by atoms with Crippen LogP contribution in [0.3, 0.4) is 0 Å². The van der Waals surface area contributed by atoms with Crippen molar-refractivity contribution in [3.05, 3.63) is 17.7 Å². The minimum Gasteiger partial charge on any atom is -0.493 e. The van der Waals surface area contributed by atoms with Crippen molar-refractivity contribution < 1.29 is 37.3 Å². The highest BCUT2D eigenvalue weighted by atomic mass is 32.2. The molecule has 12 nitrogen and oxygen atoms in total. The molecule has 2 aliphatic rings. The van der Waals surface area contributed by atoms with Crippen LogP contribution in [0.1, 0.15) is 50.5 Å². The van der Waals surface area contributed by atoms with Gasteiger partial charge in [-0.15, -0.1) is 0 Å². The predicted molar refractivity (Wildman–Crippen MR) is 155 cm³/mol. The highest BCUT2D eigenvalue weighted by molar-refractivity contribution is 7.88. The third-order valence-electron chi connectivity index (χ3n) is 7.70. The molecule has 1 fully saturated rings. The van der Waals surface area contributed by atoms with Crippen molar-refractivity contribution in [3.63, 3.8) is 0 Å². The zero-order valence-electron chi connectivity index (χ0n) is 24.9. The average Bonchev–Trinajstić information content (AvgIpc) is 3.51. The number of fused-ring (bicyclic) bond motifs is 1. The van der Waals surface area contributed by atoms with Crippen LogP contribution in [0.5, 0.6) is 17.2 Å². The van der Waals surface area contributed by atoms with Crippen molar-refractivity contribution in [2.75, 3.05) is 73.5 Å². The molecule has 2 aliphatic heterocycles. The summed E-state index contributed by atoms with van der Waals surface area (Å²) in [5.41, 5.74) is 0.709. The van der Waals surface area contributed by atoms with Crippen LogP contribution in [0.25, 0.3) is 0 Å². The highest BCUT2D eigenvalue weighted by Crippen LogP contribution is 2.47. The number of hydrogen-bond donors (Lipinski definition) is 2. The van der Waals surface area contributed by atoms with Crippen molar-refractivity contribution in [3.8, 4) is 17.2 Å². The van der Waals surface area contributed by atoms with E-state index in [2.05, 4.69) is 16.5 Å². The van der Waals surface area contributed by atoms with Crippen molar-refractivity contribution >= 4 is 21.9 Å². The van der Waals surface area contributed by atoms with Gasteiger partial charge in [0.2, 0.25) is 28.5 Å². The van der Waals surface area contributed by atoms with Gasteiger partial charge in [0.15, 0.2) is 11.5 Å². The molecule has 1 unspecified atom stereocenters. The zero-order chi connectivity index (χ0) is 30.2. The van der Waals surface area contributed by atoms with Crippen LogP contribution in [0.4, 0.5) is 0 Å². The Labute approximate surface area is 243 Å². The number of aliphatic carboxylic acids is 1. The summed E-state index contributed by atoms with van der Waals surface area (Å²) in [6.07, 6.45) is 5.02. The number of carbonyl (C=O) groups excluding carboxylic acids is 1. The molecule has 0 bridgehead atoms. The summed E-state index contributed by atoms with van der Waals surface area (Å²) >= 11 is 0. The van der Waals surface area contributed by atoms with Gasteiger partial charge in [-0.1, -0.05) is 13.3 Å². The third-order valence-corrected chi connectivity index (χ3v) is 8.43. The number of benzene rings is 1. The van der Waals surface area contributed by atoms with Crippen LogP contribution in [0, 0.1) is 5.92 Å². The molecule has 1 aromatic carbocycles. The second kappa shape index (κ2) is 15.0. The first-order chi connectivity index (χ1) is 19.4. The predicted octanol–water partition coefficient (Wildman–Crippen LogP) is 1.80. The fraction of sp³-hybridized carbons (Fsp3) is 0.714. The molecule has 0 spiro atoms. The molecule has 0 aliphatic carbocycles. The molecular formula is C28H46N4O8S. The number of rotatable bonds is 17. The number of carbonyl (C=O) groups is 2. The number of hydrogen-bond acceptors (Lipinski definition) is 9. The summed E-state index contributed by atoms with van der Waals surface area (Å²) in [7, 11) is 2.10. The lowest BCUT2D eigenvalue weighted by Crippen LogP contribution is -2.45. The highest BCUT2D eigenvalue weighted by Gasteiger charge is 2.47. The van der Waals surface area contributed by atoms with Gasteiger partial charge >= 0.3 is 5.97 Å². The second-order valence-corrected chi connectivity index (χ2v) is 13.0. The first-order valence-electron chi connectivity index (χ1n) is 14.3. The maximum absolute atomic E-state index is 13.6. The topological polar surface area (TPSA) is 138 Å². The van der Waals surface area contributed by atoms with Crippen molar-refractivity contribution in [1.29, 1.82) is 0 Å². The molecule has 0 radical (unpaired) electrons. The smallest absolute Gasteiger partial charge is 0.308 e. The molecule has 41 heavy (non-hydrogen) atoms. The minimum absolute atomic E-state index is 0.0440. The summed E-state index contributed by atoms with van der Waals surface area (Å²) < 4.78 is 42.6. The summed E-state index contributed by atoms with van der Waals surface area (Å²) in [6.45, 7) is 4.81. The van der Waals surface area contributed by atoms with Crippen molar-refractivity contribution in [2.45, 2.75) is 51.0 Å². The van der Waals surface area contributed by atoms with E-state index in [0.29, 0.717) is 42.4 Å². The molecule has 1 aromatic rings. The quantitative estimate of drug-likeness (QED) is 0.255. The van der Waals surface area contributed by atoms with Gasteiger partial charge in [0.05, 0.1) is 25.8 Å². The Bertz CT molecular complexity index is 1150. The van der Waals surface area contributed by atoms with Crippen LogP contribution >= 0.6 is 0 Å². The molecule has 3 rings (SSSR count). The molecule has 1 saturated heterocycles. The van der Waals surface area contributed by atoms with Crippen molar-refractivity contribution in [1.82, 2.24) is 19.4 Å². The Morgan fingerprint density at radius 2 is 1.85 bits per heavy atom. The van der Waals surface area contributed by atoms with E-state index in [9.17, 15) is 23.1 Å². The van der Waals surface area contributed by atoms with Gasteiger partial charge in [-0.2, -0.15) is 0 Å². The summed E-state index contributed by atoms with van der Waals surface area (Å²) in [5.74, 6) is -0.989. The number of amides is 1. The number of methoxy groups -OCH3 is 1. The largest absolute Gasteiger partial charge is 0.493 e. The lowest BCUT2D eigenvalue weighted by Gasteiger charge is -2.30. The first kappa shape index (κ1) is 32.9. The standard InChI is InChI=1S/C28H46N4O8S/c1-6-7-13-31(14-9-8-12-30(2)3)25(33)18-32-17-21(20-15-23(38-4)27-24(16-20)39-19-40-27)26(28(34)35)22(32)10-11-29-41(5,36)37/h15-16,21-22,26,29H,6-14,17-19H2,1-5H3,(H,34,35)/t21-,22+,26?/m1/s1. The van der Waals surface area contributed by atoms with E-state index in [1.807, 2.05) is 23.9 Å². The number of likely N-dealkylation sites (tertiary alicyclic amines) is 1. The molecule has 13 heteroatoms. The maximum Gasteiger partial charge on any atom is 0.308 e. The molecule has 0 aromatic heterocycles. The second-order valence-electron chi connectivity index (χ2n) is 11.1. The number of ether oxygens (including phenoxy) is 3. The zero-order valence-corrected chi connectivity index (χ0v) is 25.7. The van der Waals surface area contributed by atoms with Gasteiger partial charge in [-0.3, -0.25) is 14.5 Å². The van der Waals surface area contributed by atoms with Crippen molar-refractivity contribution in [2.24, 2.45) is 5.92 Å². The van der Waals surface area contributed by atoms with E-state index < -0.39 is 33.9 Å². The Morgan fingerprint density at radius 3 is 2.49 bits per heavy atom. The van der Waals surface area contributed by atoms with Gasteiger partial charge in [-0.25, -0.2) is 13.1 Å². The fourth-order valence-electron chi connectivity index (χ4n) is 5.66. The number of unbranched alkanes of at least 4 members (excludes halogenated alkanes) is 2. The molecule has 2 heterocycles. The molecule has 0 saturated carbocycles. The number of carboxylic acids is 1. The number of carboxylic acid groups (broad SMARTS) is 1. The van der Waals surface area contributed by atoms with Gasteiger partial charge in [-0.05, 0) is 64.0 Å². The Hall–Kier alpha value is -2.61. The van der Waals surface area contributed by atoms with Crippen LogP contribution in [-0.4, -0.2) is 120 Å². The van der Waals surface area contributed by atoms with E-state index in [-0.39, 0.29) is 32.2 Å².